The molecule has 0 unspecified atom stereocenters. The highest BCUT2D eigenvalue weighted by molar-refractivity contribution is 5.59. The van der Waals surface area contributed by atoms with Crippen LogP contribution in [-0.2, 0) is 6.18 Å². The van der Waals surface area contributed by atoms with Gasteiger partial charge in [0.1, 0.15) is 0 Å². The van der Waals surface area contributed by atoms with Gasteiger partial charge in [0.25, 0.3) is 0 Å². The molecule has 0 spiro atoms. The molecule has 7 heteroatoms. The lowest BCUT2D eigenvalue weighted by molar-refractivity contribution is -0.141. The van der Waals surface area contributed by atoms with E-state index >= 15 is 0 Å². The van der Waals surface area contributed by atoms with E-state index in [0.29, 0.717) is 5.56 Å². The van der Waals surface area contributed by atoms with E-state index in [9.17, 15) is 13.2 Å². The van der Waals surface area contributed by atoms with E-state index in [-0.39, 0.29) is 11.6 Å². The molecule has 0 aliphatic carbocycles. The van der Waals surface area contributed by atoms with E-state index < -0.39 is 11.9 Å². The largest absolute Gasteiger partial charge is 0.433 e. The molecule has 0 bridgehead atoms. The lowest BCUT2D eigenvalue weighted by Crippen LogP contribution is -2.17. The third-order valence-corrected chi connectivity index (χ3v) is 2.36. The van der Waals surface area contributed by atoms with Gasteiger partial charge < -0.3 is 4.90 Å². The zero-order chi connectivity index (χ0) is 14.0. The lowest BCUT2D eigenvalue weighted by atomic mass is 10.2. The standard InChI is InChI=1S/C12H11F3N4/c1-19(2)11-17-9(8-4-3-5-16-7-8)6-10(18-11)12(13,14)15/h3-7H,1-2H3. The summed E-state index contributed by atoms with van der Waals surface area (Å²) in [5.41, 5.74) is -0.261. The molecule has 0 radical (unpaired) electrons. The number of nitrogens with zero attached hydrogens (tertiary/aromatic N) is 4. The minimum Gasteiger partial charge on any atom is -0.347 e. The quantitative estimate of drug-likeness (QED) is 0.839. The number of aromatic nitrogens is 3. The zero-order valence-electron chi connectivity index (χ0n) is 10.3. The number of halogens is 3. The van der Waals surface area contributed by atoms with Crippen molar-refractivity contribution in [2.45, 2.75) is 6.18 Å². The summed E-state index contributed by atoms with van der Waals surface area (Å²) >= 11 is 0. The average Bonchev–Trinajstić information content (AvgIpc) is 2.38. The Morgan fingerprint density at radius 1 is 1.16 bits per heavy atom. The van der Waals surface area contributed by atoms with Crippen molar-refractivity contribution >= 4 is 5.95 Å². The number of rotatable bonds is 2. The monoisotopic (exact) mass is 268 g/mol. The van der Waals surface area contributed by atoms with Gasteiger partial charge in [0.2, 0.25) is 5.95 Å². The second-order valence-electron chi connectivity index (χ2n) is 4.07. The molecule has 0 aliphatic rings. The maximum atomic E-state index is 12.8. The first-order valence-corrected chi connectivity index (χ1v) is 5.42. The lowest BCUT2D eigenvalue weighted by Gasteiger charge is -2.14. The SMILES string of the molecule is CN(C)c1nc(-c2cccnc2)cc(C(F)(F)F)n1. The van der Waals surface area contributed by atoms with Crippen LogP contribution in [0.1, 0.15) is 5.69 Å². The van der Waals surface area contributed by atoms with E-state index in [1.807, 2.05) is 0 Å². The summed E-state index contributed by atoms with van der Waals surface area (Å²) in [7, 11) is 3.17. The normalized spacial score (nSPS) is 11.4. The van der Waals surface area contributed by atoms with Gasteiger partial charge >= 0.3 is 6.18 Å². The maximum absolute atomic E-state index is 12.8. The summed E-state index contributed by atoms with van der Waals surface area (Å²) < 4.78 is 38.4. The maximum Gasteiger partial charge on any atom is 0.433 e. The summed E-state index contributed by atoms with van der Waals surface area (Å²) in [4.78, 5) is 12.9. The smallest absolute Gasteiger partial charge is 0.347 e. The molecule has 2 heterocycles. The van der Waals surface area contributed by atoms with Crippen LogP contribution < -0.4 is 4.90 Å². The van der Waals surface area contributed by atoms with Crippen molar-refractivity contribution in [1.29, 1.82) is 0 Å². The highest BCUT2D eigenvalue weighted by Crippen LogP contribution is 2.31. The van der Waals surface area contributed by atoms with Gasteiger partial charge in [-0.2, -0.15) is 13.2 Å². The molecular formula is C12H11F3N4. The van der Waals surface area contributed by atoms with Crippen molar-refractivity contribution in [1.82, 2.24) is 15.0 Å². The zero-order valence-corrected chi connectivity index (χ0v) is 10.3. The van der Waals surface area contributed by atoms with Crippen LogP contribution in [0.4, 0.5) is 19.1 Å². The third-order valence-electron chi connectivity index (χ3n) is 2.36. The highest BCUT2D eigenvalue weighted by Gasteiger charge is 2.34. The van der Waals surface area contributed by atoms with Gasteiger partial charge in [-0.05, 0) is 18.2 Å². The first kappa shape index (κ1) is 13.3. The van der Waals surface area contributed by atoms with E-state index in [2.05, 4.69) is 15.0 Å². The molecule has 2 aromatic rings. The van der Waals surface area contributed by atoms with Gasteiger partial charge in [-0.15, -0.1) is 0 Å². The fraction of sp³-hybridized carbons (Fsp3) is 0.250. The topological polar surface area (TPSA) is 41.9 Å². The summed E-state index contributed by atoms with van der Waals surface area (Å²) in [6, 6.07) is 4.21. The fourth-order valence-electron chi connectivity index (χ4n) is 1.44. The van der Waals surface area contributed by atoms with Crippen LogP contribution in [0.25, 0.3) is 11.3 Å². The highest BCUT2D eigenvalue weighted by atomic mass is 19.4. The molecule has 19 heavy (non-hydrogen) atoms. The molecule has 2 rings (SSSR count). The van der Waals surface area contributed by atoms with Gasteiger partial charge in [-0.1, -0.05) is 0 Å². The number of alkyl halides is 3. The minimum absolute atomic E-state index is 0.00804. The Hall–Kier alpha value is -2.18. The Bertz CT molecular complexity index is 567. The second kappa shape index (κ2) is 4.83. The van der Waals surface area contributed by atoms with E-state index in [4.69, 9.17) is 0 Å². The van der Waals surface area contributed by atoms with Gasteiger partial charge in [0.15, 0.2) is 5.69 Å². The molecule has 0 saturated heterocycles. The summed E-state index contributed by atoms with van der Waals surface area (Å²) in [6.45, 7) is 0. The van der Waals surface area contributed by atoms with Crippen molar-refractivity contribution in [2.24, 2.45) is 0 Å². The number of pyridine rings is 1. The summed E-state index contributed by atoms with van der Waals surface area (Å²) in [5.74, 6) is 0.00804. The Kier molecular flexibility index (Phi) is 3.37. The molecule has 0 aromatic carbocycles. The van der Waals surface area contributed by atoms with Crippen LogP contribution >= 0.6 is 0 Å². The first-order valence-electron chi connectivity index (χ1n) is 5.42. The minimum atomic E-state index is -4.51. The molecule has 0 saturated carbocycles. The van der Waals surface area contributed by atoms with Crippen molar-refractivity contribution in [2.75, 3.05) is 19.0 Å². The van der Waals surface area contributed by atoms with Crippen LogP contribution in [-0.4, -0.2) is 29.0 Å². The second-order valence-corrected chi connectivity index (χ2v) is 4.07. The summed E-state index contributed by atoms with van der Waals surface area (Å²) in [6.07, 6.45) is -1.51. The number of hydrogen-bond donors (Lipinski definition) is 0. The predicted molar refractivity (Wildman–Crippen MR) is 64.6 cm³/mol. The summed E-state index contributed by atoms with van der Waals surface area (Å²) in [5, 5.41) is 0. The van der Waals surface area contributed by atoms with Crippen molar-refractivity contribution < 1.29 is 13.2 Å². The molecule has 0 N–H and O–H groups in total. The van der Waals surface area contributed by atoms with Crippen LogP contribution in [0.5, 0.6) is 0 Å². The Morgan fingerprint density at radius 3 is 2.42 bits per heavy atom. The number of hydrogen-bond acceptors (Lipinski definition) is 4. The van der Waals surface area contributed by atoms with Crippen molar-refractivity contribution in [3.63, 3.8) is 0 Å². The molecular weight excluding hydrogens is 257 g/mol. The number of anilines is 1. The van der Waals surface area contributed by atoms with Gasteiger partial charge in [-0.25, -0.2) is 9.97 Å². The van der Waals surface area contributed by atoms with Crippen molar-refractivity contribution in [3.8, 4) is 11.3 Å². The molecule has 0 amide bonds. The van der Waals surface area contributed by atoms with Gasteiger partial charge in [0, 0.05) is 32.1 Å². The van der Waals surface area contributed by atoms with Crippen LogP contribution in [0.2, 0.25) is 0 Å². The molecule has 2 aromatic heterocycles. The predicted octanol–water partition coefficient (Wildman–Crippen LogP) is 2.62. The van der Waals surface area contributed by atoms with Crippen LogP contribution in [0.15, 0.2) is 30.6 Å². The average molecular weight is 268 g/mol. The fourth-order valence-corrected chi connectivity index (χ4v) is 1.44. The van der Waals surface area contributed by atoms with E-state index in [0.717, 1.165) is 6.07 Å². The Labute approximate surface area is 107 Å². The van der Waals surface area contributed by atoms with Gasteiger partial charge in [0.05, 0.1) is 5.69 Å². The third kappa shape index (κ3) is 2.98. The molecule has 100 valence electrons. The Morgan fingerprint density at radius 2 is 1.89 bits per heavy atom. The molecule has 4 nitrogen and oxygen atoms in total. The van der Waals surface area contributed by atoms with Crippen LogP contribution in [0, 0.1) is 0 Å². The molecule has 0 atom stereocenters. The Balaban J connectivity index is 2.59. The first-order chi connectivity index (χ1) is 8.88. The van der Waals surface area contributed by atoms with Crippen molar-refractivity contribution in [3.05, 3.63) is 36.3 Å². The van der Waals surface area contributed by atoms with E-state index in [1.165, 1.54) is 11.1 Å². The van der Waals surface area contributed by atoms with E-state index in [1.54, 1.807) is 32.4 Å². The molecule has 0 aliphatic heterocycles. The molecule has 0 fully saturated rings. The van der Waals surface area contributed by atoms with Crippen LogP contribution in [0.3, 0.4) is 0 Å². The van der Waals surface area contributed by atoms with Gasteiger partial charge in [-0.3, -0.25) is 4.98 Å².